The van der Waals surface area contributed by atoms with Gasteiger partial charge in [-0.25, -0.2) is 8.78 Å². The van der Waals surface area contributed by atoms with Gasteiger partial charge in [0.1, 0.15) is 17.7 Å². The Labute approximate surface area is 144 Å². The summed E-state index contributed by atoms with van der Waals surface area (Å²) in [5, 5.41) is 3.16. The third-order valence-corrected chi connectivity index (χ3v) is 4.62. The molecule has 2 heterocycles. The Morgan fingerprint density at radius 1 is 1.21 bits per heavy atom. The Bertz CT molecular complexity index is 630. The molecule has 1 unspecified atom stereocenters. The minimum atomic E-state index is -0.690. The van der Waals surface area contributed by atoms with Crippen molar-refractivity contribution in [3.8, 4) is 0 Å². The van der Waals surface area contributed by atoms with Gasteiger partial charge in [0.15, 0.2) is 5.11 Å². The minimum Gasteiger partial charge on any atom is -0.368 e. The standard InChI is InChI=1S/C16H19F2N3O2S/c17-11-3-4-13(12(18)10-11)19-16(24)21-7-5-20(6-8-21)15(22)14-2-1-9-23-14/h3-4,10,14H,1-2,5-9H2,(H,19,24). The van der Waals surface area contributed by atoms with Gasteiger partial charge in [0.05, 0.1) is 5.69 Å². The molecule has 2 aliphatic heterocycles. The molecule has 1 N–H and O–H groups in total. The molecule has 0 saturated carbocycles. The first-order valence-electron chi connectivity index (χ1n) is 7.96. The highest BCUT2D eigenvalue weighted by Crippen LogP contribution is 2.18. The summed E-state index contributed by atoms with van der Waals surface area (Å²) in [6, 6.07) is 3.30. The van der Waals surface area contributed by atoms with E-state index in [1.807, 2.05) is 4.90 Å². The van der Waals surface area contributed by atoms with Crippen LogP contribution in [0.25, 0.3) is 0 Å². The van der Waals surface area contributed by atoms with Crippen molar-refractivity contribution in [2.24, 2.45) is 0 Å². The van der Waals surface area contributed by atoms with Crippen LogP contribution < -0.4 is 5.32 Å². The van der Waals surface area contributed by atoms with Crippen molar-refractivity contribution in [3.05, 3.63) is 29.8 Å². The molecule has 1 atom stereocenters. The van der Waals surface area contributed by atoms with Gasteiger partial charge in [-0.05, 0) is 37.2 Å². The van der Waals surface area contributed by atoms with E-state index in [0.29, 0.717) is 37.9 Å². The Hall–Kier alpha value is -1.80. The molecule has 2 aliphatic rings. The first-order chi connectivity index (χ1) is 11.5. The van der Waals surface area contributed by atoms with Gasteiger partial charge in [-0.3, -0.25) is 4.79 Å². The van der Waals surface area contributed by atoms with Gasteiger partial charge in [-0.15, -0.1) is 0 Å². The highest BCUT2D eigenvalue weighted by molar-refractivity contribution is 7.80. The Morgan fingerprint density at radius 2 is 1.92 bits per heavy atom. The zero-order chi connectivity index (χ0) is 17.1. The molecule has 0 aromatic heterocycles. The fourth-order valence-corrected chi connectivity index (χ4v) is 3.18. The molecule has 5 nitrogen and oxygen atoms in total. The second-order valence-electron chi connectivity index (χ2n) is 5.87. The zero-order valence-corrected chi connectivity index (χ0v) is 14.0. The maximum absolute atomic E-state index is 13.7. The smallest absolute Gasteiger partial charge is 0.251 e. The summed E-state index contributed by atoms with van der Waals surface area (Å²) in [6.07, 6.45) is 1.39. The lowest BCUT2D eigenvalue weighted by molar-refractivity contribution is -0.142. The molecule has 2 fully saturated rings. The predicted molar refractivity (Wildman–Crippen MR) is 89.7 cm³/mol. The number of carbonyl (C=O) groups is 1. The van der Waals surface area contributed by atoms with Crippen LogP contribution in [-0.4, -0.2) is 59.7 Å². The lowest BCUT2D eigenvalue weighted by atomic mass is 10.2. The Kier molecular flexibility index (Phi) is 5.25. The Balaban J connectivity index is 1.52. The molecule has 8 heteroatoms. The fraction of sp³-hybridized carbons (Fsp3) is 0.500. The predicted octanol–water partition coefficient (Wildman–Crippen LogP) is 1.98. The highest BCUT2D eigenvalue weighted by atomic mass is 32.1. The first-order valence-corrected chi connectivity index (χ1v) is 8.37. The van der Waals surface area contributed by atoms with Gasteiger partial charge in [-0.2, -0.15) is 0 Å². The van der Waals surface area contributed by atoms with E-state index in [1.165, 1.54) is 12.1 Å². The summed E-state index contributed by atoms with van der Waals surface area (Å²) in [5.41, 5.74) is 0.138. The number of halogens is 2. The van der Waals surface area contributed by atoms with Crippen molar-refractivity contribution in [1.29, 1.82) is 0 Å². The lowest BCUT2D eigenvalue weighted by Crippen LogP contribution is -2.53. The summed E-state index contributed by atoms with van der Waals surface area (Å²) in [4.78, 5) is 16.0. The molecule has 1 amide bonds. The third-order valence-electron chi connectivity index (χ3n) is 4.26. The number of benzene rings is 1. The molecule has 24 heavy (non-hydrogen) atoms. The number of anilines is 1. The molecule has 0 spiro atoms. The molecule has 0 aliphatic carbocycles. The number of piperazine rings is 1. The van der Waals surface area contributed by atoms with E-state index in [0.717, 1.165) is 18.9 Å². The SMILES string of the molecule is O=C(C1CCCO1)N1CCN(C(=S)Nc2ccc(F)cc2F)CC1. The second-order valence-corrected chi connectivity index (χ2v) is 6.26. The molecule has 0 bridgehead atoms. The van der Waals surface area contributed by atoms with E-state index in [-0.39, 0.29) is 17.7 Å². The zero-order valence-electron chi connectivity index (χ0n) is 13.1. The second kappa shape index (κ2) is 7.40. The monoisotopic (exact) mass is 355 g/mol. The average Bonchev–Trinajstić information content (AvgIpc) is 3.11. The number of ether oxygens (including phenoxy) is 1. The van der Waals surface area contributed by atoms with E-state index >= 15 is 0 Å². The lowest BCUT2D eigenvalue weighted by Gasteiger charge is -2.37. The van der Waals surface area contributed by atoms with E-state index < -0.39 is 11.6 Å². The maximum atomic E-state index is 13.7. The number of amides is 1. The Morgan fingerprint density at radius 3 is 2.54 bits per heavy atom. The van der Waals surface area contributed by atoms with Gasteiger partial charge in [0.25, 0.3) is 5.91 Å². The number of thiocarbonyl (C=S) groups is 1. The van der Waals surface area contributed by atoms with Crippen molar-refractivity contribution in [1.82, 2.24) is 9.80 Å². The molecule has 3 rings (SSSR count). The highest BCUT2D eigenvalue weighted by Gasteiger charge is 2.30. The fourth-order valence-electron chi connectivity index (χ4n) is 2.89. The number of hydrogen-bond donors (Lipinski definition) is 1. The summed E-state index contributed by atoms with van der Waals surface area (Å²) < 4.78 is 32.0. The average molecular weight is 355 g/mol. The number of nitrogens with one attached hydrogen (secondary N) is 1. The van der Waals surface area contributed by atoms with Crippen LogP contribution in [0.3, 0.4) is 0 Å². The summed E-state index contributed by atoms with van der Waals surface area (Å²) >= 11 is 5.29. The van der Waals surface area contributed by atoms with Gasteiger partial charge < -0.3 is 19.9 Å². The van der Waals surface area contributed by atoms with E-state index in [2.05, 4.69) is 5.32 Å². The van der Waals surface area contributed by atoms with Gasteiger partial charge in [0.2, 0.25) is 0 Å². The number of nitrogens with zero attached hydrogens (tertiary/aromatic N) is 2. The van der Waals surface area contributed by atoms with Crippen LogP contribution in [0, 0.1) is 11.6 Å². The van der Waals surface area contributed by atoms with Crippen LogP contribution in [0.1, 0.15) is 12.8 Å². The van der Waals surface area contributed by atoms with Crippen molar-refractivity contribution in [2.45, 2.75) is 18.9 Å². The largest absolute Gasteiger partial charge is 0.368 e. The normalized spacial score (nSPS) is 21.0. The minimum absolute atomic E-state index is 0.0376. The van der Waals surface area contributed by atoms with Crippen LogP contribution in [0.5, 0.6) is 0 Å². The molecule has 130 valence electrons. The van der Waals surface area contributed by atoms with Crippen molar-refractivity contribution < 1.29 is 18.3 Å². The molecule has 1 aromatic rings. The first kappa shape index (κ1) is 17.0. The van der Waals surface area contributed by atoms with Crippen molar-refractivity contribution in [3.63, 3.8) is 0 Å². The molecule has 2 saturated heterocycles. The van der Waals surface area contributed by atoms with E-state index in [1.54, 1.807) is 4.90 Å². The maximum Gasteiger partial charge on any atom is 0.251 e. The quantitative estimate of drug-likeness (QED) is 0.822. The topological polar surface area (TPSA) is 44.8 Å². The van der Waals surface area contributed by atoms with Crippen LogP contribution >= 0.6 is 12.2 Å². The van der Waals surface area contributed by atoms with Crippen molar-refractivity contribution in [2.75, 3.05) is 38.1 Å². The number of carbonyl (C=O) groups excluding carboxylic acids is 1. The molecule has 0 radical (unpaired) electrons. The molecular formula is C16H19F2N3O2S. The van der Waals surface area contributed by atoms with Crippen LogP contribution in [-0.2, 0) is 9.53 Å². The van der Waals surface area contributed by atoms with Gasteiger partial charge in [-0.1, -0.05) is 0 Å². The van der Waals surface area contributed by atoms with Crippen LogP contribution in [0.2, 0.25) is 0 Å². The summed E-state index contributed by atoms with van der Waals surface area (Å²) in [5.74, 6) is -1.29. The van der Waals surface area contributed by atoms with Crippen LogP contribution in [0.4, 0.5) is 14.5 Å². The summed E-state index contributed by atoms with van der Waals surface area (Å²) in [7, 11) is 0. The third kappa shape index (κ3) is 3.81. The molecule has 1 aromatic carbocycles. The summed E-state index contributed by atoms with van der Waals surface area (Å²) in [6.45, 7) is 2.87. The number of rotatable bonds is 2. The molecular weight excluding hydrogens is 336 g/mol. The van der Waals surface area contributed by atoms with E-state index in [9.17, 15) is 13.6 Å². The number of hydrogen-bond acceptors (Lipinski definition) is 3. The van der Waals surface area contributed by atoms with Crippen LogP contribution in [0.15, 0.2) is 18.2 Å². The van der Waals surface area contributed by atoms with Crippen molar-refractivity contribution >= 4 is 28.9 Å². The van der Waals surface area contributed by atoms with Gasteiger partial charge >= 0.3 is 0 Å². The van der Waals surface area contributed by atoms with E-state index in [4.69, 9.17) is 17.0 Å². The van der Waals surface area contributed by atoms with Gasteiger partial charge in [0, 0.05) is 38.9 Å².